The largest absolute Gasteiger partial charge is 0.484 e. The Morgan fingerprint density at radius 3 is 2.51 bits per heavy atom. The van der Waals surface area contributed by atoms with Gasteiger partial charge in [0.1, 0.15) is 16.9 Å². The number of nitrogens with zero attached hydrogens (tertiary/aromatic N) is 4. The van der Waals surface area contributed by atoms with Gasteiger partial charge in [-0.05, 0) is 25.7 Å². The van der Waals surface area contributed by atoms with Gasteiger partial charge in [-0.2, -0.15) is 18.2 Å². The second kappa shape index (κ2) is 8.28. The third-order valence-corrected chi connectivity index (χ3v) is 6.75. The molecular formula is C23H25F3N4O5. The van der Waals surface area contributed by atoms with E-state index in [1.807, 2.05) is 0 Å². The zero-order chi connectivity index (χ0) is 25.0. The number of alkyl halides is 3. The summed E-state index contributed by atoms with van der Waals surface area (Å²) >= 11 is 0. The highest BCUT2D eigenvalue weighted by atomic mass is 19.4. The summed E-state index contributed by atoms with van der Waals surface area (Å²) < 4.78 is 53.7. The molecule has 2 aromatic rings. The smallest absolute Gasteiger partial charge is 0.422 e. The Morgan fingerprint density at radius 1 is 1.26 bits per heavy atom. The number of hydrogen-bond donors (Lipinski definition) is 0. The second-order valence-electron chi connectivity index (χ2n) is 10.0. The molecule has 1 spiro atoms. The van der Waals surface area contributed by atoms with Crippen molar-refractivity contribution in [2.45, 2.75) is 50.6 Å². The van der Waals surface area contributed by atoms with E-state index in [1.165, 1.54) is 12.3 Å². The fraction of sp³-hybridized carbons (Fsp3) is 0.609. The summed E-state index contributed by atoms with van der Waals surface area (Å²) in [6.45, 7) is 3.88. The maximum absolute atomic E-state index is 13.5. The van der Waals surface area contributed by atoms with Crippen LogP contribution in [-0.2, 0) is 14.9 Å². The van der Waals surface area contributed by atoms with Crippen molar-refractivity contribution in [3.05, 3.63) is 35.2 Å². The van der Waals surface area contributed by atoms with Crippen LogP contribution in [-0.4, -0.2) is 70.8 Å². The molecule has 0 radical (unpaired) electrons. The number of carbonyl (C=O) groups excluding carboxylic acids is 2. The number of likely N-dealkylation sites (tertiary alicyclic amines) is 1. The molecule has 2 saturated heterocycles. The van der Waals surface area contributed by atoms with Gasteiger partial charge in [-0.15, -0.1) is 0 Å². The Bertz CT molecular complexity index is 1150. The highest BCUT2D eigenvalue weighted by Gasteiger charge is 2.55. The van der Waals surface area contributed by atoms with E-state index >= 15 is 0 Å². The van der Waals surface area contributed by atoms with Gasteiger partial charge in [-0.25, -0.2) is 0 Å². The quantitative estimate of drug-likeness (QED) is 0.516. The minimum atomic E-state index is -4.52. The van der Waals surface area contributed by atoms with E-state index in [0.717, 1.165) is 12.8 Å². The SMILES string of the molecule is Cc1nc(C(C)(CC(=O)c2cc(OCC(F)(F)F)c(C3CC3)cn2)C(=O)N2CC3(COC3)C2)no1. The first-order valence-corrected chi connectivity index (χ1v) is 11.4. The van der Waals surface area contributed by atoms with E-state index in [1.54, 1.807) is 18.7 Å². The Balaban J connectivity index is 1.39. The van der Waals surface area contributed by atoms with Crippen LogP contribution >= 0.6 is 0 Å². The first kappa shape index (κ1) is 23.7. The predicted molar refractivity (Wildman–Crippen MR) is 113 cm³/mol. The zero-order valence-electron chi connectivity index (χ0n) is 19.4. The zero-order valence-corrected chi connectivity index (χ0v) is 19.4. The van der Waals surface area contributed by atoms with Gasteiger partial charge in [0.25, 0.3) is 0 Å². The number of aromatic nitrogens is 3. The van der Waals surface area contributed by atoms with Crippen molar-refractivity contribution in [1.29, 1.82) is 0 Å². The molecule has 2 aliphatic heterocycles. The minimum Gasteiger partial charge on any atom is -0.484 e. The van der Waals surface area contributed by atoms with Crippen molar-refractivity contribution in [2.75, 3.05) is 32.9 Å². The normalized spacial score (nSPS) is 20.7. The molecule has 1 unspecified atom stereocenters. The molecule has 1 aliphatic carbocycles. The molecule has 4 heterocycles. The van der Waals surface area contributed by atoms with E-state index in [-0.39, 0.29) is 46.8 Å². The number of pyridine rings is 1. The van der Waals surface area contributed by atoms with Gasteiger partial charge < -0.3 is 18.9 Å². The lowest BCUT2D eigenvalue weighted by atomic mass is 9.74. The molecule has 1 amide bonds. The number of rotatable bonds is 8. The molecule has 5 rings (SSSR count). The van der Waals surface area contributed by atoms with Gasteiger partial charge in [-0.1, -0.05) is 5.16 Å². The van der Waals surface area contributed by atoms with Crippen molar-refractivity contribution in [3.63, 3.8) is 0 Å². The fourth-order valence-corrected chi connectivity index (χ4v) is 4.60. The number of Topliss-reactive ketones (excluding diaryl/α,β-unsaturated/α-hetero) is 1. The van der Waals surface area contributed by atoms with E-state index in [9.17, 15) is 22.8 Å². The van der Waals surface area contributed by atoms with Gasteiger partial charge in [0, 0.05) is 44.3 Å². The number of aryl methyl sites for hydroxylation is 1. The van der Waals surface area contributed by atoms with Crippen LogP contribution in [0.25, 0.3) is 0 Å². The molecule has 188 valence electrons. The number of halogens is 3. The Morgan fingerprint density at radius 2 is 1.97 bits per heavy atom. The number of ether oxygens (including phenoxy) is 2. The molecule has 3 aliphatic rings. The van der Waals surface area contributed by atoms with Crippen LogP contribution in [0.1, 0.15) is 59.9 Å². The number of carbonyl (C=O) groups is 2. The molecule has 0 aromatic carbocycles. The predicted octanol–water partition coefficient (Wildman–Crippen LogP) is 2.98. The van der Waals surface area contributed by atoms with Gasteiger partial charge in [-0.3, -0.25) is 14.6 Å². The summed E-state index contributed by atoms with van der Waals surface area (Å²) in [5.74, 6) is -0.493. The third-order valence-electron chi connectivity index (χ3n) is 6.75. The van der Waals surface area contributed by atoms with Crippen LogP contribution in [0.2, 0.25) is 0 Å². The van der Waals surface area contributed by atoms with Crippen LogP contribution in [0.15, 0.2) is 16.8 Å². The van der Waals surface area contributed by atoms with Crippen molar-refractivity contribution in [3.8, 4) is 5.75 Å². The molecule has 1 saturated carbocycles. The molecule has 1 atom stereocenters. The summed E-state index contributed by atoms with van der Waals surface area (Å²) in [6, 6.07) is 1.23. The first-order valence-electron chi connectivity index (χ1n) is 11.4. The van der Waals surface area contributed by atoms with Gasteiger partial charge in [0.15, 0.2) is 18.2 Å². The summed E-state index contributed by atoms with van der Waals surface area (Å²) in [7, 11) is 0. The highest BCUT2D eigenvalue weighted by Crippen LogP contribution is 2.45. The Kier molecular flexibility index (Phi) is 5.61. The van der Waals surface area contributed by atoms with Crippen LogP contribution in [0, 0.1) is 12.3 Å². The summed E-state index contributed by atoms with van der Waals surface area (Å²) in [4.78, 5) is 36.9. The molecule has 0 bridgehead atoms. The lowest BCUT2D eigenvalue weighted by molar-refractivity contribution is -0.198. The van der Waals surface area contributed by atoms with Crippen molar-refractivity contribution in [1.82, 2.24) is 20.0 Å². The Hall–Kier alpha value is -3.02. The van der Waals surface area contributed by atoms with Gasteiger partial charge in [0.05, 0.1) is 18.6 Å². The average molecular weight is 494 g/mol. The molecular weight excluding hydrogens is 469 g/mol. The Labute approximate surface area is 199 Å². The lowest BCUT2D eigenvalue weighted by Gasteiger charge is -2.56. The monoisotopic (exact) mass is 494 g/mol. The molecule has 0 N–H and O–H groups in total. The van der Waals surface area contributed by atoms with E-state index < -0.39 is 24.0 Å². The number of hydrogen-bond acceptors (Lipinski definition) is 8. The molecule has 3 fully saturated rings. The molecule has 12 heteroatoms. The minimum absolute atomic E-state index is 0.0127. The second-order valence-corrected chi connectivity index (χ2v) is 10.0. The van der Waals surface area contributed by atoms with Gasteiger partial charge in [0.2, 0.25) is 11.8 Å². The topological polar surface area (TPSA) is 108 Å². The highest BCUT2D eigenvalue weighted by molar-refractivity contribution is 6.00. The van der Waals surface area contributed by atoms with Crippen LogP contribution in [0.5, 0.6) is 5.75 Å². The third kappa shape index (κ3) is 4.63. The molecule has 2 aromatic heterocycles. The summed E-state index contributed by atoms with van der Waals surface area (Å²) in [5.41, 5.74) is -1.01. The number of ketones is 1. The maximum atomic E-state index is 13.5. The first-order chi connectivity index (χ1) is 16.5. The number of amides is 1. The van der Waals surface area contributed by atoms with Crippen molar-refractivity contribution < 1.29 is 36.8 Å². The van der Waals surface area contributed by atoms with E-state index in [4.69, 9.17) is 14.0 Å². The van der Waals surface area contributed by atoms with E-state index in [0.29, 0.717) is 31.9 Å². The molecule has 9 nitrogen and oxygen atoms in total. The van der Waals surface area contributed by atoms with E-state index in [2.05, 4.69) is 15.1 Å². The van der Waals surface area contributed by atoms with Crippen molar-refractivity contribution in [2.24, 2.45) is 5.41 Å². The van der Waals surface area contributed by atoms with Gasteiger partial charge >= 0.3 is 6.18 Å². The van der Waals surface area contributed by atoms with Crippen LogP contribution in [0.3, 0.4) is 0 Å². The van der Waals surface area contributed by atoms with Crippen molar-refractivity contribution >= 4 is 11.7 Å². The summed E-state index contributed by atoms with van der Waals surface area (Å²) in [5, 5.41) is 3.91. The fourth-order valence-electron chi connectivity index (χ4n) is 4.60. The maximum Gasteiger partial charge on any atom is 0.422 e. The average Bonchev–Trinajstić information content (AvgIpc) is 3.48. The molecule has 35 heavy (non-hydrogen) atoms. The lowest BCUT2D eigenvalue weighted by Crippen LogP contribution is -2.69. The standard InChI is InChI=1S/C23H25F3N4O5/c1-13-28-19(29-35-13)21(2,20(32)30-8-22(9-30)10-33-11-22)6-17(31)16-5-18(34-12-23(24,25)26)15(7-27-16)14-3-4-14/h5,7,14H,3-4,6,8-12H2,1-2H3. The summed E-state index contributed by atoms with van der Waals surface area (Å²) in [6.07, 6.45) is -1.81. The van der Waals surface area contributed by atoms with Crippen LogP contribution < -0.4 is 4.74 Å². The van der Waals surface area contributed by atoms with Crippen LogP contribution in [0.4, 0.5) is 13.2 Å².